The van der Waals surface area contributed by atoms with Gasteiger partial charge in [-0.05, 0) is 24.5 Å². The summed E-state index contributed by atoms with van der Waals surface area (Å²) in [5, 5.41) is 13.4. The summed E-state index contributed by atoms with van der Waals surface area (Å²) >= 11 is 0. The van der Waals surface area contributed by atoms with E-state index in [1.807, 2.05) is 6.07 Å². The zero-order valence-electron chi connectivity index (χ0n) is 11.7. The van der Waals surface area contributed by atoms with Gasteiger partial charge in [-0.3, -0.25) is 4.79 Å². The van der Waals surface area contributed by atoms with Gasteiger partial charge in [-0.2, -0.15) is 5.10 Å². The van der Waals surface area contributed by atoms with Crippen LogP contribution in [0.2, 0.25) is 0 Å². The highest BCUT2D eigenvalue weighted by atomic mass is 16.3. The van der Waals surface area contributed by atoms with E-state index in [0.717, 1.165) is 6.42 Å². The van der Waals surface area contributed by atoms with Crippen molar-refractivity contribution >= 4 is 12.1 Å². The van der Waals surface area contributed by atoms with E-state index in [4.69, 9.17) is 0 Å². The molecule has 1 aliphatic rings. The van der Waals surface area contributed by atoms with Gasteiger partial charge in [-0.1, -0.05) is 44.2 Å². The van der Waals surface area contributed by atoms with E-state index in [2.05, 4.69) is 10.5 Å². The summed E-state index contributed by atoms with van der Waals surface area (Å²) in [6, 6.07) is 6.89. The monoisotopic (exact) mass is 274 g/mol. The number of carbonyl (C=O) groups is 1. The fourth-order valence-electron chi connectivity index (χ4n) is 2.64. The Kier molecular flexibility index (Phi) is 5.59. The number of aromatic hydroxyl groups is 1. The molecular formula is C16H22N2O2. The van der Waals surface area contributed by atoms with Crippen LogP contribution in [-0.4, -0.2) is 17.2 Å². The first-order valence-electron chi connectivity index (χ1n) is 7.35. The van der Waals surface area contributed by atoms with Crippen molar-refractivity contribution in [1.29, 1.82) is 0 Å². The van der Waals surface area contributed by atoms with E-state index in [-0.39, 0.29) is 11.7 Å². The first-order valence-corrected chi connectivity index (χ1v) is 7.35. The Labute approximate surface area is 119 Å². The van der Waals surface area contributed by atoms with Gasteiger partial charge in [0.1, 0.15) is 5.75 Å². The molecule has 1 aliphatic carbocycles. The summed E-state index contributed by atoms with van der Waals surface area (Å²) in [7, 11) is 0. The molecule has 0 radical (unpaired) electrons. The molecule has 0 aromatic heterocycles. The van der Waals surface area contributed by atoms with Crippen LogP contribution in [0.5, 0.6) is 5.75 Å². The lowest BCUT2D eigenvalue weighted by Crippen LogP contribution is -2.19. The van der Waals surface area contributed by atoms with Crippen molar-refractivity contribution in [3.8, 4) is 5.75 Å². The molecule has 0 spiro atoms. The molecule has 1 amide bonds. The van der Waals surface area contributed by atoms with Gasteiger partial charge in [-0.25, -0.2) is 5.43 Å². The van der Waals surface area contributed by atoms with Gasteiger partial charge in [0.2, 0.25) is 5.91 Å². The Morgan fingerprint density at radius 1 is 1.30 bits per heavy atom. The van der Waals surface area contributed by atoms with E-state index in [1.54, 1.807) is 18.2 Å². The number of phenols is 1. The van der Waals surface area contributed by atoms with E-state index in [0.29, 0.717) is 17.9 Å². The lowest BCUT2D eigenvalue weighted by Gasteiger charge is -2.20. The third-order valence-electron chi connectivity index (χ3n) is 3.83. The quantitative estimate of drug-likeness (QED) is 0.639. The van der Waals surface area contributed by atoms with Gasteiger partial charge in [0, 0.05) is 12.0 Å². The summed E-state index contributed by atoms with van der Waals surface area (Å²) in [6.45, 7) is 0. The number of nitrogens with zero attached hydrogens (tertiary/aromatic N) is 1. The molecule has 4 nitrogen and oxygen atoms in total. The summed E-state index contributed by atoms with van der Waals surface area (Å²) < 4.78 is 0. The fourth-order valence-corrected chi connectivity index (χ4v) is 2.64. The van der Waals surface area contributed by atoms with Crippen molar-refractivity contribution in [3.63, 3.8) is 0 Å². The Bertz CT molecular complexity index is 465. The Morgan fingerprint density at radius 2 is 2.05 bits per heavy atom. The normalized spacial score (nSPS) is 16.4. The second kappa shape index (κ2) is 7.68. The first kappa shape index (κ1) is 14.6. The SMILES string of the molecule is O=C(CCC1CCCCC1)NN=Cc1ccccc1O. The zero-order valence-corrected chi connectivity index (χ0v) is 11.7. The standard InChI is InChI=1S/C16H22N2O2/c19-15-9-5-4-8-14(15)12-17-18-16(20)11-10-13-6-2-1-3-7-13/h4-5,8-9,12-13,19H,1-3,6-7,10-11H2,(H,18,20). The average molecular weight is 274 g/mol. The predicted octanol–water partition coefficient (Wildman–Crippen LogP) is 3.20. The summed E-state index contributed by atoms with van der Waals surface area (Å²) in [5.74, 6) is 0.812. The number of phenolic OH excluding ortho intramolecular Hbond substituents is 1. The number of rotatable bonds is 5. The second-order valence-corrected chi connectivity index (χ2v) is 5.39. The van der Waals surface area contributed by atoms with E-state index in [9.17, 15) is 9.90 Å². The van der Waals surface area contributed by atoms with Gasteiger partial charge < -0.3 is 5.11 Å². The number of hydrogen-bond donors (Lipinski definition) is 2. The van der Waals surface area contributed by atoms with Crippen LogP contribution in [0.15, 0.2) is 29.4 Å². The second-order valence-electron chi connectivity index (χ2n) is 5.39. The molecule has 2 rings (SSSR count). The maximum Gasteiger partial charge on any atom is 0.240 e. The molecule has 4 heteroatoms. The highest BCUT2D eigenvalue weighted by molar-refractivity contribution is 5.84. The van der Waals surface area contributed by atoms with E-state index in [1.165, 1.54) is 38.3 Å². The van der Waals surface area contributed by atoms with Crippen LogP contribution in [0, 0.1) is 5.92 Å². The van der Waals surface area contributed by atoms with Crippen molar-refractivity contribution in [1.82, 2.24) is 5.43 Å². The van der Waals surface area contributed by atoms with Crippen molar-refractivity contribution in [2.24, 2.45) is 11.0 Å². The number of hydrazone groups is 1. The molecule has 1 aromatic carbocycles. The van der Waals surface area contributed by atoms with Gasteiger partial charge in [0.05, 0.1) is 6.21 Å². The summed E-state index contributed by atoms with van der Waals surface area (Å²) in [4.78, 5) is 11.7. The van der Waals surface area contributed by atoms with Gasteiger partial charge >= 0.3 is 0 Å². The highest BCUT2D eigenvalue weighted by Crippen LogP contribution is 2.27. The Hall–Kier alpha value is -1.84. The number of benzene rings is 1. The predicted molar refractivity (Wildman–Crippen MR) is 79.7 cm³/mol. The van der Waals surface area contributed by atoms with Crippen molar-refractivity contribution < 1.29 is 9.90 Å². The molecule has 2 N–H and O–H groups in total. The third kappa shape index (κ3) is 4.68. The van der Waals surface area contributed by atoms with Gasteiger partial charge in [0.25, 0.3) is 0 Å². The van der Waals surface area contributed by atoms with Gasteiger partial charge in [-0.15, -0.1) is 0 Å². The van der Waals surface area contributed by atoms with Crippen molar-refractivity contribution in [3.05, 3.63) is 29.8 Å². The molecule has 1 saturated carbocycles. The first-order chi connectivity index (χ1) is 9.75. The number of amides is 1. The maximum atomic E-state index is 11.7. The van der Waals surface area contributed by atoms with E-state index < -0.39 is 0 Å². The number of hydrogen-bond acceptors (Lipinski definition) is 3. The van der Waals surface area contributed by atoms with Crippen LogP contribution >= 0.6 is 0 Å². The molecule has 1 aromatic rings. The van der Waals surface area contributed by atoms with Crippen LogP contribution in [0.4, 0.5) is 0 Å². The zero-order chi connectivity index (χ0) is 14.2. The molecule has 0 heterocycles. The van der Waals surface area contributed by atoms with Crippen LogP contribution in [0.1, 0.15) is 50.5 Å². The molecule has 0 unspecified atom stereocenters. The van der Waals surface area contributed by atoms with Crippen LogP contribution in [-0.2, 0) is 4.79 Å². The lowest BCUT2D eigenvalue weighted by molar-refractivity contribution is -0.121. The molecule has 108 valence electrons. The van der Waals surface area contributed by atoms with Crippen molar-refractivity contribution in [2.75, 3.05) is 0 Å². The summed E-state index contributed by atoms with van der Waals surface area (Å²) in [6.07, 6.45) is 9.42. The lowest BCUT2D eigenvalue weighted by atomic mass is 9.86. The fraction of sp³-hybridized carbons (Fsp3) is 0.500. The van der Waals surface area contributed by atoms with Crippen LogP contribution in [0.25, 0.3) is 0 Å². The molecular weight excluding hydrogens is 252 g/mol. The highest BCUT2D eigenvalue weighted by Gasteiger charge is 2.14. The Balaban J connectivity index is 1.70. The minimum Gasteiger partial charge on any atom is -0.507 e. The topological polar surface area (TPSA) is 61.7 Å². The number of nitrogens with one attached hydrogen (secondary N) is 1. The minimum absolute atomic E-state index is 0.0535. The molecule has 20 heavy (non-hydrogen) atoms. The minimum atomic E-state index is -0.0535. The molecule has 1 fully saturated rings. The molecule has 0 aliphatic heterocycles. The maximum absolute atomic E-state index is 11.7. The Morgan fingerprint density at radius 3 is 2.80 bits per heavy atom. The smallest absolute Gasteiger partial charge is 0.240 e. The third-order valence-corrected chi connectivity index (χ3v) is 3.83. The number of carbonyl (C=O) groups excluding carboxylic acids is 1. The summed E-state index contributed by atoms with van der Waals surface area (Å²) in [5.41, 5.74) is 3.11. The van der Waals surface area contributed by atoms with Crippen molar-refractivity contribution in [2.45, 2.75) is 44.9 Å². The largest absolute Gasteiger partial charge is 0.507 e. The van der Waals surface area contributed by atoms with Crippen LogP contribution in [0.3, 0.4) is 0 Å². The average Bonchev–Trinajstić information content (AvgIpc) is 2.48. The van der Waals surface area contributed by atoms with Crippen LogP contribution < -0.4 is 5.43 Å². The number of para-hydroxylation sites is 1. The molecule has 0 bridgehead atoms. The molecule has 0 atom stereocenters. The van der Waals surface area contributed by atoms with Gasteiger partial charge in [0.15, 0.2) is 0 Å². The molecule has 0 saturated heterocycles. The van der Waals surface area contributed by atoms with E-state index >= 15 is 0 Å².